The van der Waals surface area contributed by atoms with E-state index in [1.54, 1.807) is 4.98 Å². The van der Waals surface area contributed by atoms with Gasteiger partial charge < -0.3 is 5.11 Å². The first kappa shape index (κ1) is 11.1. The van der Waals surface area contributed by atoms with Gasteiger partial charge in [-0.2, -0.15) is 9.49 Å². The predicted molar refractivity (Wildman–Crippen MR) is 55.7 cm³/mol. The molecule has 0 fully saturated rings. The molecule has 17 heavy (non-hydrogen) atoms. The maximum atomic E-state index is 13.2. The number of nitrogens with zero attached hydrogens (tertiary/aromatic N) is 3. The van der Waals surface area contributed by atoms with Crippen LogP contribution in [0, 0.1) is 5.82 Å². The number of aromatic nitrogens is 4. The van der Waals surface area contributed by atoms with Crippen molar-refractivity contribution in [3.63, 3.8) is 0 Å². The maximum Gasteiger partial charge on any atom is 0.336 e. The lowest BCUT2D eigenvalue weighted by molar-refractivity contribution is 0.386. The van der Waals surface area contributed by atoms with Crippen molar-refractivity contribution in [1.82, 2.24) is 19.3 Å². The fraction of sp³-hybridized carbons (Fsp3) is 0.222. The molecule has 2 rings (SSSR count). The van der Waals surface area contributed by atoms with E-state index in [9.17, 15) is 19.1 Å². The number of H-pyrrole nitrogens is 1. The summed E-state index contributed by atoms with van der Waals surface area (Å²) in [7, 11) is 0. The van der Waals surface area contributed by atoms with Gasteiger partial charge in [0, 0.05) is 12.7 Å². The summed E-state index contributed by atoms with van der Waals surface area (Å²) in [6.45, 7) is 2.38. The average molecular weight is 240 g/mol. The number of rotatable bonds is 2. The Bertz CT molecular complexity index is 670. The zero-order valence-corrected chi connectivity index (χ0v) is 8.85. The Hall–Kier alpha value is -2.38. The number of aromatic hydroxyl groups is 1. The fourth-order valence-electron chi connectivity index (χ4n) is 1.38. The van der Waals surface area contributed by atoms with Crippen molar-refractivity contribution in [1.29, 1.82) is 0 Å². The lowest BCUT2D eigenvalue weighted by Crippen LogP contribution is -2.30. The van der Waals surface area contributed by atoms with E-state index in [4.69, 9.17) is 0 Å². The van der Waals surface area contributed by atoms with Crippen LogP contribution >= 0.6 is 0 Å². The van der Waals surface area contributed by atoms with Crippen molar-refractivity contribution in [2.75, 3.05) is 0 Å². The van der Waals surface area contributed by atoms with Crippen LogP contribution in [-0.2, 0) is 6.54 Å². The highest BCUT2D eigenvalue weighted by Crippen LogP contribution is 2.13. The molecule has 2 aromatic rings. The molecule has 7 nitrogen and oxygen atoms in total. The highest BCUT2D eigenvalue weighted by atomic mass is 19.1. The summed E-state index contributed by atoms with van der Waals surface area (Å²) in [4.78, 5) is 24.1. The molecule has 0 saturated heterocycles. The van der Waals surface area contributed by atoms with Crippen molar-refractivity contribution in [2.24, 2.45) is 0 Å². The van der Waals surface area contributed by atoms with Crippen LogP contribution in [0.2, 0.25) is 0 Å². The van der Waals surface area contributed by atoms with Crippen molar-refractivity contribution in [2.45, 2.75) is 13.5 Å². The summed E-state index contributed by atoms with van der Waals surface area (Å²) in [6, 6.07) is 0. The Labute approximate surface area is 93.8 Å². The normalized spacial score (nSPS) is 10.7. The standard InChI is InChI=1S/C9H9FN4O3/c1-2-13-4-5(3-11-13)14-8(16)6(10)7(15)12-9(14)17/h3-4,16H,2H2,1H3,(H,12,15,17). The van der Waals surface area contributed by atoms with Gasteiger partial charge in [-0.3, -0.25) is 14.5 Å². The van der Waals surface area contributed by atoms with E-state index in [1.807, 2.05) is 6.92 Å². The zero-order valence-electron chi connectivity index (χ0n) is 8.85. The molecule has 0 radical (unpaired) electrons. The van der Waals surface area contributed by atoms with Gasteiger partial charge in [0.15, 0.2) is 0 Å². The largest absolute Gasteiger partial charge is 0.492 e. The molecule has 2 heterocycles. The second-order valence-electron chi connectivity index (χ2n) is 3.29. The minimum absolute atomic E-state index is 0.171. The van der Waals surface area contributed by atoms with Gasteiger partial charge in [0.25, 0.3) is 5.56 Å². The number of hydrogen-bond donors (Lipinski definition) is 2. The Balaban J connectivity index is 2.71. The highest BCUT2D eigenvalue weighted by molar-refractivity contribution is 5.30. The summed E-state index contributed by atoms with van der Waals surface area (Å²) >= 11 is 0. The summed E-state index contributed by atoms with van der Waals surface area (Å²) in [5.74, 6) is -2.44. The number of halogens is 1. The van der Waals surface area contributed by atoms with E-state index < -0.39 is 22.9 Å². The van der Waals surface area contributed by atoms with Crippen LogP contribution in [0.5, 0.6) is 5.88 Å². The molecule has 0 spiro atoms. The molecule has 0 bridgehead atoms. The van der Waals surface area contributed by atoms with Crippen LogP contribution in [0.15, 0.2) is 22.0 Å². The maximum absolute atomic E-state index is 13.2. The van der Waals surface area contributed by atoms with E-state index in [0.29, 0.717) is 11.1 Å². The summed E-state index contributed by atoms with van der Waals surface area (Å²) in [5.41, 5.74) is -2.01. The Kier molecular flexibility index (Phi) is 2.54. The molecular formula is C9H9FN4O3. The minimum Gasteiger partial charge on any atom is -0.492 e. The molecule has 0 aliphatic carbocycles. The van der Waals surface area contributed by atoms with Gasteiger partial charge in [-0.1, -0.05) is 0 Å². The molecule has 2 aromatic heterocycles. The monoisotopic (exact) mass is 240 g/mol. The minimum atomic E-state index is -1.41. The lowest BCUT2D eigenvalue weighted by Gasteiger charge is -2.04. The predicted octanol–water partition coefficient (Wildman–Crippen LogP) is -0.413. The third-order valence-electron chi connectivity index (χ3n) is 2.23. The van der Waals surface area contributed by atoms with E-state index in [2.05, 4.69) is 5.10 Å². The smallest absolute Gasteiger partial charge is 0.336 e. The Morgan fingerprint density at radius 2 is 2.24 bits per heavy atom. The molecule has 90 valence electrons. The third kappa shape index (κ3) is 1.73. The quantitative estimate of drug-likeness (QED) is 0.746. The first-order chi connectivity index (χ1) is 8.04. The third-order valence-corrected chi connectivity index (χ3v) is 2.23. The molecule has 0 aliphatic rings. The molecule has 0 saturated carbocycles. The molecule has 8 heteroatoms. The van der Waals surface area contributed by atoms with Crippen LogP contribution in [0.25, 0.3) is 5.69 Å². The first-order valence-corrected chi connectivity index (χ1v) is 4.81. The van der Waals surface area contributed by atoms with Gasteiger partial charge in [-0.25, -0.2) is 9.36 Å². The van der Waals surface area contributed by atoms with Crippen molar-refractivity contribution < 1.29 is 9.50 Å². The number of aromatic amines is 1. The van der Waals surface area contributed by atoms with Crippen LogP contribution in [0.4, 0.5) is 4.39 Å². The van der Waals surface area contributed by atoms with Crippen LogP contribution in [-0.4, -0.2) is 24.4 Å². The topological polar surface area (TPSA) is 92.9 Å². The number of nitrogens with one attached hydrogen (secondary N) is 1. The summed E-state index contributed by atoms with van der Waals surface area (Å²) in [5, 5.41) is 13.3. The van der Waals surface area contributed by atoms with E-state index in [0.717, 1.165) is 0 Å². The van der Waals surface area contributed by atoms with Gasteiger partial charge in [0.05, 0.1) is 11.9 Å². The van der Waals surface area contributed by atoms with E-state index >= 15 is 0 Å². The zero-order chi connectivity index (χ0) is 12.6. The number of aryl methyl sites for hydroxylation is 1. The molecule has 0 aliphatic heterocycles. The second-order valence-corrected chi connectivity index (χ2v) is 3.29. The summed E-state index contributed by atoms with van der Waals surface area (Å²) in [6.07, 6.45) is 2.72. The highest BCUT2D eigenvalue weighted by Gasteiger charge is 2.15. The SMILES string of the molecule is CCn1cc(-n2c(O)c(F)c(=O)[nH]c2=O)cn1. The molecule has 0 unspecified atom stereocenters. The average Bonchev–Trinajstić information content (AvgIpc) is 2.74. The van der Waals surface area contributed by atoms with Crippen molar-refractivity contribution in [3.05, 3.63) is 39.0 Å². The summed E-state index contributed by atoms with van der Waals surface area (Å²) < 4.78 is 15.3. The van der Waals surface area contributed by atoms with Gasteiger partial charge in [-0.15, -0.1) is 0 Å². The Morgan fingerprint density at radius 3 is 2.82 bits per heavy atom. The van der Waals surface area contributed by atoms with Crippen LogP contribution in [0.3, 0.4) is 0 Å². The molecule has 0 amide bonds. The Morgan fingerprint density at radius 1 is 1.53 bits per heavy atom. The van der Waals surface area contributed by atoms with Gasteiger partial charge >= 0.3 is 5.69 Å². The second kappa shape index (κ2) is 3.89. The van der Waals surface area contributed by atoms with E-state index in [-0.39, 0.29) is 5.69 Å². The molecular weight excluding hydrogens is 231 g/mol. The number of hydrogen-bond acceptors (Lipinski definition) is 4. The first-order valence-electron chi connectivity index (χ1n) is 4.81. The van der Waals surface area contributed by atoms with Crippen molar-refractivity contribution >= 4 is 0 Å². The lowest BCUT2D eigenvalue weighted by atomic mass is 10.5. The molecule has 0 aromatic carbocycles. The molecule has 0 atom stereocenters. The van der Waals surface area contributed by atoms with Gasteiger partial charge in [0.1, 0.15) is 0 Å². The van der Waals surface area contributed by atoms with Gasteiger partial charge in [0.2, 0.25) is 11.7 Å². The van der Waals surface area contributed by atoms with Crippen LogP contribution < -0.4 is 11.2 Å². The molecule has 2 N–H and O–H groups in total. The van der Waals surface area contributed by atoms with Crippen molar-refractivity contribution in [3.8, 4) is 11.6 Å². The van der Waals surface area contributed by atoms with E-state index in [1.165, 1.54) is 17.1 Å². The van der Waals surface area contributed by atoms with Crippen LogP contribution in [0.1, 0.15) is 6.92 Å². The fourth-order valence-corrected chi connectivity index (χ4v) is 1.38. The van der Waals surface area contributed by atoms with Gasteiger partial charge in [-0.05, 0) is 6.92 Å².